The molecule has 7 heteroatoms. The zero-order valence-corrected chi connectivity index (χ0v) is 14.5. The molecule has 0 spiro atoms. The molecule has 0 aliphatic carbocycles. The summed E-state index contributed by atoms with van der Waals surface area (Å²) in [6, 6.07) is 8.16. The van der Waals surface area contributed by atoms with E-state index < -0.39 is 5.56 Å². The van der Waals surface area contributed by atoms with Crippen LogP contribution in [0.4, 0.5) is 0 Å². The number of aromatic nitrogens is 3. The number of nitrogens with zero attached hydrogens (tertiary/aromatic N) is 3. The van der Waals surface area contributed by atoms with Crippen molar-refractivity contribution in [3.8, 4) is 0 Å². The first-order chi connectivity index (χ1) is 12.0. The van der Waals surface area contributed by atoms with Gasteiger partial charge in [-0.05, 0) is 32.8 Å². The van der Waals surface area contributed by atoms with Gasteiger partial charge >= 0.3 is 0 Å². The van der Waals surface area contributed by atoms with Crippen LogP contribution in [0.2, 0.25) is 0 Å². The molecule has 3 aromatic rings. The second-order valence-electron chi connectivity index (χ2n) is 6.10. The van der Waals surface area contributed by atoms with Crippen LogP contribution in [0.25, 0.3) is 10.9 Å². The van der Waals surface area contributed by atoms with Crippen molar-refractivity contribution >= 4 is 16.8 Å². The third-order valence-electron chi connectivity index (χ3n) is 4.08. The van der Waals surface area contributed by atoms with Crippen LogP contribution in [0, 0.1) is 20.8 Å². The van der Waals surface area contributed by atoms with Crippen LogP contribution in [0.3, 0.4) is 0 Å². The highest BCUT2D eigenvalue weighted by molar-refractivity contribution is 5.82. The average molecular weight is 340 g/mol. The molecule has 7 nitrogen and oxygen atoms in total. The largest absolute Gasteiger partial charge is 0.360 e. The minimum Gasteiger partial charge on any atom is -0.360 e. The topological polar surface area (TPSA) is 90.0 Å². The predicted molar refractivity (Wildman–Crippen MR) is 93.4 cm³/mol. The van der Waals surface area contributed by atoms with Gasteiger partial charge < -0.3 is 9.84 Å². The number of carbonyl (C=O) groups is 1. The van der Waals surface area contributed by atoms with Gasteiger partial charge in [-0.25, -0.2) is 4.68 Å². The third-order valence-corrected chi connectivity index (χ3v) is 4.08. The number of rotatable bonds is 5. The number of nitrogens with one attached hydrogen (secondary N) is 1. The van der Waals surface area contributed by atoms with Gasteiger partial charge in [0.25, 0.3) is 5.56 Å². The van der Waals surface area contributed by atoms with E-state index in [9.17, 15) is 9.59 Å². The lowest BCUT2D eigenvalue weighted by atomic mass is 10.1. The van der Waals surface area contributed by atoms with Crippen LogP contribution >= 0.6 is 0 Å². The molecule has 0 bridgehead atoms. The fraction of sp³-hybridized carbons (Fsp3) is 0.333. The summed E-state index contributed by atoms with van der Waals surface area (Å²) in [7, 11) is 0. The molecular formula is C18H20N4O3. The van der Waals surface area contributed by atoms with Gasteiger partial charge in [0.15, 0.2) is 5.52 Å². The molecule has 1 aromatic carbocycles. The van der Waals surface area contributed by atoms with E-state index in [2.05, 4.69) is 15.6 Å². The maximum Gasteiger partial charge on any atom is 0.297 e. The number of amides is 1. The van der Waals surface area contributed by atoms with E-state index in [-0.39, 0.29) is 18.0 Å². The van der Waals surface area contributed by atoms with Crippen LogP contribution in [0.5, 0.6) is 0 Å². The number of carbonyl (C=O) groups excluding carboxylic acids is 1. The fourth-order valence-corrected chi connectivity index (χ4v) is 2.74. The molecule has 25 heavy (non-hydrogen) atoms. The van der Waals surface area contributed by atoms with Crippen molar-refractivity contribution < 1.29 is 9.32 Å². The lowest BCUT2D eigenvalue weighted by molar-refractivity contribution is -0.121. The van der Waals surface area contributed by atoms with Gasteiger partial charge in [-0.15, -0.1) is 0 Å². The van der Waals surface area contributed by atoms with Crippen LogP contribution in [0.1, 0.15) is 22.6 Å². The first kappa shape index (κ1) is 16.9. The minimum atomic E-state index is -0.425. The van der Waals surface area contributed by atoms with Crippen molar-refractivity contribution in [2.24, 2.45) is 0 Å². The normalized spacial score (nSPS) is 11.0. The van der Waals surface area contributed by atoms with Gasteiger partial charge in [-0.1, -0.05) is 35.0 Å². The molecule has 0 fully saturated rings. The van der Waals surface area contributed by atoms with E-state index in [1.54, 1.807) is 13.8 Å². The maximum atomic E-state index is 12.4. The summed E-state index contributed by atoms with van der Waals surface area (Å²) in [4.78, 5) is 24.5. The highest BCUT2D eigenvalue weighted by Gasteiger charge is 2.16. The van der Waals surface area contributed by atoms with E-state index >= 15 is 0 Å². The fourth-order valence-electron chi connectivity index (χ4n) is 2.74. The molecule has 0 radical (unpaired) electrons. The number of hydrogen-bond donors (Lipinski definition) is 1. The standard InChI is InChI=1S/C18H20N4O3/c1-11-4-6-14(7-5-11)8-9-19-15(23)10-22-18(24)17-16(12(2)20-22)13(3)25-21-17/h4-7H,8-10H2,1-3H3,(H,19,23). The van der Waals surface area contributed by atoms with Crippen molar-refractivity contribution in [3.63, 3.8) is 0 Å². The van der Waals surface area contributed by atoms with Crippen molar-refractivity contribution in [1.29, 1.82) is 0 Å². The Hall–Kier alpha value is -2.96. The molecule has 0 aliphatic heterocycles. The summed E-state index contributed by atoms with van der Waals surface area (Å²) < 4.78 is 6.18. The molecule has 0 aliphatic rings. The Morgan fingerprint density at radius 1 is 1.20 bits per heavy atom. The number of aryl methyl sites for hydroxylation is 3. The van der Waals surface area contributed by atoms with E-state index in [1.807, 2.05) is 31.2 Å². The molecule has 1 amide bonds. The van der Waals surface area contributed by atoms with E-state index in [0.29, 0.717) is 23.4 Å². The van der Waals surface area contributed by atoms with Gasteiger partial charge in [0.1, 0.15) is 12.3 Å². The van der Waals surface area contributed by atoms with Crippen LogP contribution in [-0.2, 0) is 17.8 Å². The molecule has 2 heterocycles. The number of benzene rings is 1. The molecule has 0 unspecified atom stereocenters. The Morgan fingerprint density at radius 3 is 2.64 bits per heavy atom. The predicted octanol–water partition coefficient (Wildman–Crippen LogP) is 1.67. The first-order valence-electron chi connectivity index (χ1n) is 8.11. The highest BCUT2D eigenvalue weighted by Crippen LogP contribution is 2.16. The van der Waals surface area contributed by atoms with E-state index in [1.165, 1.54) is 5.56 Å². The van der Waals surface area contributed by atoms with Crippen molar-refractivity contribution in [1.82, 2.24) is 20.3 Å². The highest BCUT2D eigenvalue weighted by atomic mass is 16.5. The average Bonchev–Trinajstić information content (AvgIpc) is 2.97. The van der Waals surface area contributed by atoms with Crippen LogP contribution < -0.4 is 10.9 Å². The van der Waals surface area contributed by atoms with Crippen molar-refractivity contribution in [3.05, 3.63) is 57.2 Å². The molecule has 2 aromatic heterocycles. The Labute approximate surface area is 144 Å². The summed E-state index contributed by atoms with van der Waals surface area (Å²) in [6.07, 6.45) is 0.731. The van der Waals surface area contributed by atoms with Crippen molar-refractivity contribution in [2.75, 3.05) is 6.54 Å². The second-order valence-corrected chi connectivity index (χ2v) is 6.10. The summed E-state index contributed by atoms with van der Waals surface area (Å²) in [5.41, 5.74) is 2.74. The number of hydrogen-bond acceptors (Lipinski definition) is 5. The molecular weight excluding hydrogens is 320 g/mol. The Balaban J connectivity index is 1.65. The molecule has 0 saturated heterocycles. The van der Waals surface area contributed by atoms with Gasteiger partial charge in [-0.3, -0.25) is 9.59 Å². The SMILES string of the molecule is Cc1ccc(CCNC(=O)Cn2nc(C)c3c(C)onc3c2=O)cc1. The maximum absolute atomic E-state index is 12.4. The molecule has 3 rings (SSSR count). The van der Waals surface area contributed by atoms with Crippen LogP contribution in [-0.4, -0.2) is 27.4 Å². The van der Waals surface area contributed by atoms with Crippen LogP contribution in [0.15, 0.2) is 33.6 Å². The zero-order valence-electron chi connectivity index (χ0n) is 14.5. The Bertz CT molecular complexity index is 970. The molecule has 1 N–H and O–H groups in total. The summed E-state index contributed by atoms with van der Waals surface area (Å²) in [5, 5.41) is 11.4. The van der Waals surface area contributed by atoms with Gasteiger partial charge in [0, 0.05) is 6.54 Å². The van der Waals surface area contributed by atoms with Gasteiger partial charge in [-0.2, -0.15) is 5.10 Å². The molecule has 0 saturated carbocycles. The second kappa shape index (κ2) is 6.88. The first-order valence-corrected chi connectivity index (χ1v) is 8.11. The van der Waals surface area contributed by atoms with Gasteiger partial charge in [0.2, 0.25) is 5.91 Å². The van der Waals surface area contributed by atoms with Gasteiger partial charge in [0.05, 0.1) is 11.1 Å². The summed E-state index contributed by atoms with van der Waals surface area (Å²) >= 11 is 0. The zero-order chi connectivity index (χ0) is 18.0. The lowest BCUT2D eigenvalue weighted by Crippen LogP contribution is -2.35. The van der Waals surface area contributed by atoms with E-state index in [4.69, 9.17) is 4.52 Å². The number of fused-ring (bicyclic) bond motifs is 1. The summed E-state index contributed by atoms with van der Waals surface area (Å²) in [5.74, 6) is 0.285. The monoisotopic (exact) mass is 340 g/mol. The summed E-state index contributed by atoms with van der Waals surface area (Å²) in [6.45, 7) is 5.88. The smallest absolute Gasteiger partial charge is 0.297 e. The quantitative estimate of drug-likeness (QED) is 0.763. The minimum absolute atomic E-state index is 0.143. The Morgan fingerprint density at radius 2 is 1.92 bits per heavy atom. The lowest BCUT2D eigenvalue weighted by Gasteiger charge is -2.08. The third kappa shape index (κ3) is 3.60. The van der Waals surface area contributed by atoms with Crippen molar-refractivity contribution in [2.45, 2.75) is 33.7 Å². The molecule has 130 valence electrons. The Kier molecular flexibility index (Phi) is 4.65. The molecule has 0 atom stereocenters. The van der Waals surface area contributed by atoms with E-state index in [0.717, 1.165) is 16.7 Å².